The van der Waals surface area contributed by atoms with Crippen LogP contribution in [0, 0.1) is 0 Å². The molecule has 10 nitrogen and oxygen atoms in total. The van der Waals surface area contributed by atoms with E-state index in [9.17, 15) is 27.9 Å². The number of alkyl halides is 3. The number of hydrogen-bond donors (Lipinski definition) is 5. The summed E-state index contributed by atoms with van der Waals surface area (Å²) in [7, 11) is 1.59. The number of ether oxygens (including phenoxy) is 1. The second-order valence-corrected chi connectivity index (χ2v) is 10.7. The molecule has 0 spiro atoms. The Morgan fingerprint density at radius 1 is 0.875 bits per heavy atom. The van der Waals surface area contributed by atoms with E-state index in [0.29, 0.717) is 38.6 Å². The summed E-state index contributed by atoms with van der Waals surface area (Å²) in [6, 6.07) is 24.0. The molecule has 0 bridgehead atoms. The molecule has 0 aliphatic heterocycles. The number of rotatable bonds is 8. The smallest absolute Gasteiger partial charge is 0.490 e. The lowest BCUT2D eigenvalue weighted by molar-refractivity contribution is -0.192. The first-order chi connectivity index (χ1) is 22.8. The van der Waals surface area contributed by atoms with Crippen molar-refractivity contribution in [1.29, 1.82) is 0 Å². The van der Waals surface area contributed by atoms with Crippen LogP contribution in [-0.4, -0.2) is 46.3 Å². The summed E-state index contributed by atoms with van der Waals surface area (Å²) >= 11 is 12.0. The fourth-order valence-corrected chi connectivity index (χ4v) is 4.49. The van der Waals surface area contributed by atoms with Crippen molar-refractivity contribution in [1.82, 2.24) is 10.3 Å². The van der Waals surface area contributed by atoms with Crippen LogP contribution in [0.2, 0.25) is 10.0 Å². The Labute approximate surface area is 281 Å². The molecule has 48 heavy (non-hydrogen) atoms. The number of nitrogens with zero attached hydrogens (tertiary/aromatic N) is 1. The van der Waals surface area contributed by atoms with Crippen molar-refractivity contribution in [3.05, 3.63) is 118 Å². The second-order valence-electron chi connectivity index (χ2n) is 9.84. The summed E-state index contributed by atoms with van der Waals surface area (Å²) in [5.74, 6) is -2.77. The van der Waals surface area contributed by atoms with Crippen LogP contribution < -0.4 is 20.7 Å². The van der Waals surface area contributed by atoms with Gasteiger partial charge in [0.2, 0.25) is 0 Å². The van der Waals surface area contributed by atoms with E-state index < -0.39 is 12.1 Å². The molecule has 0 aliphatic rings. The fourth-order valence-electron chi connectivity index (χ4n) is 4.19. The van der Waals surface area contributed by atoms with Gasteiger partial charge in [-0.1, -0.05) is 53.5 Å². The number of aromatic nitrogens is 1. The third-order valence-electron chi connectivity index (χ3n) is 6.55. The lowest BCUT2D eigenvalue weighted by Crippen LogP contribution is -2.24. The maximum atomic E-state index is 13.3. The number of fused-ring (bicyclic) bond motifs is 1. The maximum absolute atomic E-state index is 13.3. The molecule has 1 aromatic heterocycles. The number of para-hydroxylation sites is 1. The summed E-state index contributed by atoms with van der Waals surface area (Å²) in [4.78, 5) is 39.4. The lowest BCUT2D eigenvalue weighted by Gasteiger charge is -2.16. The van der Waals surface area contributed by atoms with Crippen LogP contribution in [0.15, 0.2) is 91.1 Å². The number of carboxylic acids is 1. The molecule has 0 atom stereocenters. The van der Waals surface area contributed by atoms with Crippen LogP contribution >= 0.6 is 23.2 Å². The number of phenolic OH excluding ortho intramolecular Hbond substituents is 1. The molecule has 0 saturated heterocycles. The van der Waals surface area contributed by atoms with Crippen LogP contribution in [0.1, 0.15) is 26.3 Å². The fraction of sp³-hybridized carbons (Fsp3) is 0.0909. The zero-order valence-electron chi connectivity index (χ0n) is 24.7. The molecule has 1 heterocycles. The predicted molar refractivity (Wildman–Crippen MR) is 175 cm³/mol. The number of hydrogen-bond acceptors (Lipinski definition) is 7. The summed E-state index contributed by atoms with van der Waals surface area (Å²) in [6.45, 7) is 0.288. The van der Waals surface area contributed by atoms with Crippen LogP contribution in [0.25, 0.3) is 10.9 Å². The Bertz CT molecular complexity index is 1970. The van der Waals surface area contributed by atoms with E-state index in [1.165, 1.54) is 18.3 Å². The van der Waals surface area contributed by atoms with Gasteiger partial charge in [-0.25, -0.2) is 4.79 Å². The van der Waals surface area contributed by atoms with E-state index >= 15 is 0 Å². The number of carbonyl (C=O) groups excluding carboxylic acids is 2. The second kappa shape index (κ2) is 15.4. The predicted octanol–water partition coefficient (Wildman–Crippen LogP) is 7.82. The highest BCUT2D eigenvalue weighted by atomic mass is 35.5. The van der Waals surface area contributed by atoms with Gasteiger partial charge < -0.3 is 30.9 Å². The molecule has 5 rings (SSSR count). The van der Waals surface area contributed by atoms with E-state index in [1.54, 1.807) is 55.6 Å². The average molecular weight is 701 g/mol. The molecular formula is C33H25Cl2F3N4O6. The number of nitrogens with one attached hydrogen (secondary N) is 3. The number of aromatic hydroxyl groups is 1. The number of aliphatic carboxylic acids is 1. The minimum atomic E-state index is -5.08. The van der Waals surface area contributed by atoms with Gasteiger partial charge in [0, 0.05) is 35.1 Å². The Balaban J connectivity index is 0.000000671. The number of methoxy groups -OCH3 is 1. The van der Waals surface area contributed by atoms with Crippen molar-refractivity contribution in [2.24, 2.45) is 0 Å². The molecule has 0 fully saturated rings. The van der Waals surface area contributed by atoms with Crippen molar-refractivity contribution >= 4 is 69.0 Å². The quantitative estimate of drug-likeness (QED) is 0.110. The summed E-state index contributed by atoms with van der Waals surface area (Å²) in [6.07, 6.45) is -3.66. The average Bonchev–Trinajstić information content (AvgIpc) is 3.05. The Kier molecular flexibility index (Phi) is 11.3. The zero-order chi connectivity index (χ0) is 35.0. The Morgan fingerprint density at radius 3 is 2.19 bits per heavy atom. The molecule has 2 amide bonds. The first kappa shape index (κ1) is 35.3. The van der Waals surface area contributed by atoms with Crippen molar-refractivity contribution in [2.75, 3.05) is 17.7 Å². The lowest BCUT2D eigenvalue weighted by atomic mass is 10.1. The van der Waals surface area contributed by atoms with Gasteiger partial charge in [0.15, 0.2) is 0 Å². The van der Waals surface area contributed by atoms with Gasteiger partial charge in [0.25, 0.3) is 11.8 Å². The Morgan fingerprint density at radius 2 is 1.54 bits per heavy atom. The number of pyridine rings is 1. The van der Waals surface area contributed by atoms with Gasteiger partial charge in [0.1, 0.15) is 17.0 Å². The summed E-state index contributed by atoms with van der Waals surface area (Å²) in [5, 5.41) is 27.8. The van der Waals surface area contributed by atoms with Crippen LogP contribution in [0.3, 0.4) is 0 Å². The molecule has 0 aliphatic carbocycles. The normalized spacial score (nSPS) is 10.8. The van der Waals surface area contributed by atoms with Gasteiger partial charge in [0.05, 0.1) is 28.4 Å². The van der Waals surface area contributed by atoms with Gasteiger partial charge in [-0.3, -0.25) is 14.6 Å². The molecule has 0 unspecified atom stereocenters. The minimum Gasteiger partial charge on any atom is -0.506 e. The highest BCUT2D eigenvalue weighted by Crippen LogP contribution is 2.34. The van der Waals surface area contributed by atoms with Gasteiger partial charge in [-0.2, -0.15) is 13.2 Å². The van der Waals surface area contributed by atoms with Crippen molar-refractivity contribution in [3.8, 4) is 11.5 Å². The van der Waals surface area contributed by atoms with Gasteiger partial charge in [-0.05, 0) is 60.2 Å². The van der Waals surface area contributed by atoms with Crippen molar-refractivity contribution < 1.29 is 42.5 Å². The van der Waals surface area contributed by atoms with Crippen molar-refractivity contribution in [2.45, 2.75) is 12.7 Å². The summed E-state index contributed by atoms with van der Waals surface area (Å²) < 4.78 is 36.9. The molecular weight excluding hydrogens is 676 g/mol. The molecule has 0 radical (unpaired) electrons. The van der Waals surface area contributed by atoms with E-state index in [0.717, 1.165) is 11.3 Å². The van der Waals surface area contributed by atoms with E-state index in [2.05, 4.69) is 20.9 Å². The molecule has 0 saturated carbocycles. The Hall–Kier alpha value is -5.53. The SMILES string of the molecule is COc1ccc(CNC(=O)c2cnc3c(O)cccc3c2Nc2cccc(NC(=O)c3ccc(Cl)c(Cl)c3)c2)cc1.O=C(O)C(F)(F)F. The highest BCUT2D eigenvalue weighted by molar-refractivity contribution is 6.42. The number of carboxylic acid groups (broad SMARTS) is 1. The molecule has 5 aromatic rings. The number of halogens is 5. The van der Waals surface area contributed by atoms with Crippen LogP contribution in [0.4, 0.5) is 30.2 Å². The molecule has 4 aromatic carbocycles. The standard InChI is InChI=1S/C31H24Cl2N4O4.C2HF3O2/c1-41-22-11-8-18(9-12-22)16-35-31(40)24-17-34-29-23(6-3-7-27(29)38)28(24)36-20-4-2-5-21(15-20)37-30(39)19-10-13-25(32)26(33)14-19;3-2(4,5)1(6)7/h2-15,17,38H,16H2,1H3,(H,34,36)(H,35,40)(H,37,39);(H,6,7). The van der Waals surface area contributed by atoms with Gasteiger partial charge in [-0.15, -0.1) is 0 Å². The molecule has 15 heteroatoms. The zero-order valence-corrected chi connectivity index (χ0v) is 26.2. The third-order valence-corrected chi connectivity index (χ3v) is 7.29. The molecule has 5 N–H and O–H groups in total. The number of carbonyl (C=O) groups is 3. The third kappa shape index (κ3) is 9.05. The highest BCUT2D eigenvalue weighted by Gasteiger charge is 2.38. The number of benzene rings is 4. The monoisotopic (exact) mass is 700 g/mol. The topological polar surface area (TPSA) is 150 Å². The number of amides is 2. The maximum Gasteiger partial charge on any atom is 0.490 e. The van der Waals surface area contributed by atoms with Crippen LogP contribution in [0.5, 0.6) is 11.5 Å². The number of anilines is 3. The first-order valence-electron chi connectivity index (χ1n) is 13.7. The van der Waals surface area contributed by atoms with E-state index in [-0.39, 0.29) is 34.7 Å². The van der Waals surface area contributed by atoms with E-state index in [1.807, 2.05) is 24.3 Å². The first-order valence-corrected chi connectivity index (χ1v) is 14.5. The van der Waals surface area contributed by atoms with Crippen molar-refractivity contribution in [3.63, 3.8) is 0 Å². The van der Waals surface area contributed by atoms with E-state index in [4.69, 9.17) is 37.8 Å². The summed E-state index contributed by atoms with van der Waals surface area (Å²) in [5.41, 5.74) is 3.42. The largest absolute Gasteiger partial charge is 0.506 e. The number of phenols is 1. The minimum absolute atomic E-state index is 0.0154. The molecule has 248 valence electrons. The van der Waals surface area contributed by atoms with Crippen LogP contribution in [-0.2, 0) is 11.3 Å². The van der Waals surface area contributed by atoms with Gasteiger partial charge >= 0.3 is 12.1 Å².